The van der Waals surface area contributed by atoms with E-state index in [4.69, 9.17) is 9.47 Å². The Kier molecular flexibility index (Phi) is 6.32. The first-order valence-electron chi connectivity index (χ1n) is 9.21. The van der Waals surface area contributed by atoms with Gasteiger partial charge in [-0.1, -0.05) is 36.4 Å². The van der Waals surface area contributed by atoms with E-state index in [1.807, 2.05) is 49.4 Å². The third-order valence-electron chi connectivity index (χ3n) is 4.42. The van der Waals surface area contributed by atoms with Crippen LogP contribution in [0.4, 0.5) is 11.8 Å². The Bertz CT molecular complexity index is 916. The minimum Gasteiger partial charge on any atom is -0.493 e. The molecule has 0 aliphatic carbocycles. The second-order valence-electron chi connectivity index (χ2n) is 6.54. The molecule has 146 valence electrons. The lowest BCUT2D eigenvalue weighted by molar-refractivity contribution is 0.354. The first-order chi connectivity index (χ1) is 13.6. The monoisotopic (exact) mass is 378 g/mol. The van der Waals surface area contributed by atoms with Crippen LogP contribution in [0.25, 0.3) is 0 Å². The van der Waals surface area contributed by atoms with Crippen LogP contribution in [0, 0.1) is 6.92 Å². The van der Waals surface area contributed by atoms with Crippen molar-refractivity contribution < 1.29 is 9.47 Å². The molecule has 0 amide bonds. The second-order valence-corrected chi connectivity index (χ2v) is 6.54. The Balaban J connectivity index is 1.70. The van der Waals surface area contributed by atoms with Crippen LogP contribution < -0.4 is 20.1 Å². The van der Waals surface area contributed by atoms with E-state index in [9.17, 15) is 0 Å². The number of hydrogen-bond donors (Lipinski definition) is 2. The van der Waals surface area contributed by atoms with Crippen molar-refractivity contribution in [3.05, 3.63) is 71.4 Å². The maximum Gasteiger partial charge on any atom is 0.225 e. The molecule has 1 aromatic heterocycles. The van der Waals surface area contributed by atoms with Crippen LogP contribution in [0.2, 0.25) is 0 Å². The molecule has 0 saturated carbocycles. The molecule has 3 rings (SSSR count). The van der Waals surface area contributed by atoms with E-state index in [-0.39, 0.29) is 6.04 Å². The molecule has 1 atom stereocenters. The molecule has 6 heteroatoms. The van der Waals surface area contributed by atoms with Crippen LogP contribution in [-0.4, -0.2) is 24.2 Å². The minimum atomic E-state index is 0.147. The van der Waals surface area contributed by atoms with Crippen molar-refractivity contribution in [2.75, 3.05) is 24.9 Å². The maximum atomic E-state index is 5.36. The van der Waals surface area contributed by atoms with E-state index in [1.165, 1.54) is 5.56 Å². The number of rotatable bonds is 8. The predicted molar refractivity (Wildman–Crippen MR) is 112 cm³/mol. The van der Waals surface area contributed by atoms with Gasteiger partial charge >= 0.3 is 0 Å². The molecule has 3 aromatic rings. The fraction of sp³-hybridized carbons (Fsp3) is 0.273. The molecule has 2 aromatic carbocycles. The molecular weight excluding hydrogens is 352 g/mol. The molecule has 0 aliphatic rings. The summed E-state index contributed by atoms with van der Waals surface area (Å²) in [5, 5.41) is 6.73. The lowest BCUT2D eigenvalue weighted by atomic mass is 10.1. The number of aromatic nitrogens is 2. The average molecular weight is 378 g/mol. The van der Waals surface area contributed by atoms with Gasteiger partial charge in [-0.25, -0.2) is 4.98 Å². The predicted octanol–water partition coefficient (Wildman–Crippen LogP) is 4.59. The Morgan fingerprint density at radius 1 is 0.929 bits per heavy atom. The Hall–Kier alpha value is -3.28. The normalized spacial score (nSPS) is 11.6. The molecule has 0 radical (unpaired) electrons. The zero-order valence-electron chi connectivity index (χ0n) is 16.7. The number of nitrogens with zero attached hydrogens (tertiary/aromatic N) is 2. The summed E-state index contributed by atoms with van der Waals surface area (Å²) in [5.41, 5.74) is 3.15. The maximum absolute atomic E-state index is 5.36. The van der Waals surface area contributed by atoms with Crippen molar-refractivity contribution in [1.29, 1.82) is 0 Å². The van der Waals surface area contributed by atoms with Gasteiger partial charge in [-0.05, 0) is 37.1 Å². The van der Waals surface area contributed by atoms with Crippen molar-refractivity contribution in [3.63, 3.8) is 0 Å². The topological polar surface area (TPSA) is 68.3 Å². The van der Waals surface area contributed by atoms with Crippen molar-refractivity contribution >= 4 is 11.8 Å². The van der Waals surface area contributed by atoms with Gasteiger partial charge in [0.1, 0.15) is 5.82 Å². The number of nitrogens with one attached hydrogen (secondary N) is 2. The number of aryl methyl sites for hydroxylation is 1. The fourth-order valence-electron chi connectivity index (χ4n) is 2.94. The summed E-state index contributed by atoms with van der Waals surface area (Å²) >= 11 is 0. The van der Waals surface area contributed by atoms with Crippen LogP contribution in [0.1, 0.15) is 29.8 Å². The molecule has 0 spiro atoms. The number of anilines is 2. The first-order valence-corrected chi connectivity index (χ1v) is 9.21. The van der Waals surface area contributed by atoms with Crippen LogP contribution in [0.5, 0.6) is 11.5 Å². The summed E-state index contributed by atoms with van der Waals surface area (Å²) in [6.45, 7) is 4.66. The van der Waals surface area contributed by atoms with Crippen molar-refractivity contribution in [1.82, 2.24) is 9.97 Å². The summed E-state index contributed by atoms with van der Waals surface area (Å²) in [6, 6.07) is 18.2. The van der Waals surface area contributed by atoms with Gasteiger partial charge < -0.3 is 20.1 Å². The third-order valence-corrected chi connectivity index (χ3v) is 4.42. The molecule has 1 unspecified atom stereocenters. The van der Waals surface area contributed by atoms with Gasteiger partial charge in [0.25, 0.3) is 0 Å². The molecule has 28 heavy (non-hydrogen) atoms. The van der Waals surface area contributed by atoms with Gasteiger partial charge in [-0.3, -0.25) is 0 Å². The average Bonchev–Trinajstić information content (AvgIpc) is 2.72. The lowest BCUT2D eigenvalue weighted by Gasteiger charge is -2.16. The molecule has 0 aliphatic heterocycles. The lowest BCUT2D eigenvalue weighted by Crippen LogP contribution is -2.11. The molecule has 6 nitrogen and oxygen atoms in total. The van der Waals surface area contributed by atoms with Crippen LogP contribution >= 0.6 is 0 Å². The van der Waals surface area contributed by atoms with Gasteiger partial charge in [0, 0.05) is 24.3 Å². The summed E-state index contributed by atoms with van der Waals surface area (Å²) in [7, 11) is 3.26. The van der Waals surface area contributed by atoms with E-state index in [1.54, 1.807) is 14.2 Å². The summed E-state index contributed by atoms with van der Waals surface area (Å²) in [6.07, 6.45) is 0. The number of methoxy groups -OCH3 is 2. The van der Waals surface area contributed by atoms with Gasteiger partial charge in [0.15, 0.2) is 11.5 Å². The Morgan fingerprint density at radius 3 is 2.39 bits per heavy atom. The largest absolute Gasteiger partial charge is 0.493 e. The quantitative estimate of drug-likeness (QED) is 0.598. The molecule has 0 fully saturated rings. The second kappa shape index (κ2) is 9.08. The number of ether oxygens (including phenoxy) is 2. The van der Waals surface area contributed by atoms with Crippen molar-refractivity contribution in [2.45, 2.75) is 26.4 Å². The van der Waals surface area contributed by atoms with Gasteiger partial charge in [0.2, 0.25) is 5.95 Å². The highest BCUT2D eigenvalue weighted by atomic mass is 16.5. The number of benzene rings is 2. The minimum absolute atomic E-state index is 0.147. The van der Waals surface area contributed by atoms with E-state index in [2.05, 4.69) is 39.7 Å². The summed E-state index contributed by atoms with van der Waals surface area (Å²) < 4.78 is 10.6. The van der Waals surface area contributed by atoms with Crippen LogP contribution in [0.15, 0.2) is 54.6 Å². The Labute approximate surface area is 166 Å². The van der Waals surface area contributed by atoms with E-state index in [0.29, 0.717) is 24.0 Å². The van der Waals surface area contributed by atoms with E-state index in [0.717, 1.165) is 17.1 Å². The number of hydrogen-bond acceptors (Lipinski definition) is 6. The smallest absolute Gasteiger partial charge is 0.225 e. The Morgan fingerprint density at radius 2 is 1.68 bits per heavy atom. The molecule has 0 saturated heterocycles. The van der Waals surface area contributed by atoms with E-state index < -0.39 is 0 Å². The zero-order chi connectivity index (χ0) is 19.9. The molecule has 2 N–H and O–H groups in total. The van der Waals surface area contributed by atoms with Gasteiger partial charge in [-0.2, -0.15) is 4.98 Å². The highest BCUT2D eigenvalue weighted by Crippen LogP contribution is 2.27. The molecule has 1 heterocycles. The zero-order valence-corrected chi connectivity index (χ0v) is 16.7. The standard InChI is InChI=1S/C22H26N4O2/c1-15-12-21(25-16(2)18-8-6-5-7-9-18)26-22(24-15)23-14-17-10-11-19(27-3)20(13-17)28-4/h5-13,16H,14H2,1-4H3,(H2,23,24,25,26). The fourth-order valence-corrected chi connectivity index (χ4v) is 2.94. The van der Waals surface area contributed by atoms with Crippen molar-refractivity contribution in [2.24, 2.45) is 0 Å². The van der Waals surface area contributed by atoms with Crippen molar-refractivity contribution in [3.8, 4) is 11.5 Å². The van der Waals surface area contributed by atoms with Gasteiger partial charge in [0.05, 0.1) is 14.2 Å². The highest BCUT2D eigenvalue weighted by Gasteiger charge is 2.09. The molecule has 0 bridgehead atoms. The van der Waals surface area contributed by atoms with E-state index >= 15 is 0 Å². The van der Waals surface area contributed by atoms with Crippen LogP contribution in [-0.2, 0) is 6.54 Å². The van der Waals surface area contributed by atoms with Gasteiger partial charge in [-0.15, -0.1) is 0 Å². The summed E-state index contributed by atoms with van der Waals surface area (Å²) in [4.78, 5) is 9.09. The highest BCUT2D eigenvalue weighted by molar-refractivity contribution is 5.46. The third kappa shape index (κ3) is 4.91. The SMILES string of the molecule is COc1ccc(CNc2nc(C)cc(NC(C)c3ccccc3)n2)cc1OC. The first kappa shape index (κ1) is 19.5. The molecular formula is C22H26N4O2. The summed E-state index contributed by atoms with van der Waals surface area (Å²) in [5.74, 6) is 2.78. The van der Waals surface area contributed by atoms with Crippen LogP contribution in [0.3, 0.4) is 0 Å².